The predicted molar refractivity (Wildman–Crippen MR) is 97.5 cm³/mol. The summed E-state index contributed by atoms with van der Waals surface area (Å²) in [6, 6.07) is 4.39. The number of nitrogens with zero attached hydrogens (tertiary/aromatic N) is 3. The number of aromatic amines is 1. The molecule has 1 saturated carbocycles. The van der Waals surface area contributed by atoms with Gasteiger partial charge in [-0.05, 0) is 31.0 Å². The number of urea groups is 1. The zero-order valence-electron chi connectivity index (χ0n) is 13.9. The Hall–Kier alpha value is -3.03. The number of benzene rings is 1. The number of hydrogen-bond acceptors (Lipinski definition) is 4. The summed E-state index contributed by atoms with van der Waals surface area (Å²) in [6.45, 7) is 0. The number of aromatic nitrogens is 1. The smallest absolute Gasteiger partial charge is 0.321 e. The van der Waals surface area contributed by atoms with Crippen molar-refractivity contribution >= 4 is 29.1 Å². The summed E-state index contributed by atoms with van der Waals surface area (Å²) in [4.78, 5) is 16.2. The molecule has 3 rings (SSSR count). The number of fused-ring (bicyclic) bond motifs is 1. The number of aromatic hydroxyl groups is 1. The van der Waals surface area contributed by atoms with E-state index in [4.69, 9.17) is 11.5 Å². The first kappa shape index (κ1) is 16.8. The highest BCUT2D eigenvalue weighted by Crippen LogP contribution is 2.23. The number of guanidine groups is 1. The monoisotopic (exact) mass is 342 g/mol. The van der Waals surface area contributed by atoms with E-state index in [-0.39, 0.29) is 17.8 Å². The van der Waals surface area contributed by atoms with Gasteiger partial charge in [0.2, 0.25) is 5.96 Å². The second-order valence-corrected chi connectivity index (χ2v) is 6.18. The van der Waals surface area contributed by atoms with Crippen LogP contribution in [0.1, 0.15) is 37.7 Å². The number of amides is 2. The first-order chi connectivity index (χ1) is 12.1. The summed E-state index contributed by atoms with van der Waals surface area (Å²) in [5.41, 5.74) is 13.0. The van der Waals surface area contributed by atoms with Crippen molar-refractivity contribution in [3.8, 4) is 5.75 Å². The van der Waals surface area contributed by atoms with Crippen LogP contribution in [0.4, 0.5) is 4.79 Å². The Morgan fingerprint density at radius 3 is 2.76 bits per heavy atom. The van der Waals surface area contributed by atoms with Gasteiger partial charge in [-0.2, -0.15) is 5.10 Å². The lowest BCUT2D eigenvalue weighted by Crippen LogP contribution is -2.51. The van der Waals surface area contributed by atoms with E-state index in [0.717, 1.165) is 48.6 Å². The third kappa shape index (κ3) is 3.73. The average molecular weight is 342 g/mol. The van der Waals surface area contributed by atoms with Crippen LogP contribution in [-0.4, -0.2) is 39.2 Å². The van der Waals surface area contributed by atoms with Gasteiger partial charge in [-0.1, -0.05) is 19.3 Å². The molecule has 0 aliphatic heterocycles. The normalized spacial score (nSPS) is 16.6. The summed E-state index contributed by atoms with van der Waals surface area (Å²) < 4.78 is 0. The predicted octanol–water partition coefficient (Wildman–Crippen LogP) is 2.24. The molecule has 0 unspecified atom stereocenters. The number of hydrogen-bond donors (Lipinski definition) is 4. The van der Waals surface area contributed by atoms with Gasteiger partial charge in [0.25, 0.3) is 0 Å². The molecule has 1 aromatic carbocycles. The molecule has 1 aliphatic rings. The van der Waals surface area contributed by atoms with Crippen LogP contribution < -0.4 is 11.5 Å². The summed E-state index contributed by atoms with van der Waals surface area (Å²) >= 11 is 0. The molecule has 0 bridgehead atoms. The van der Waals surface area contributed by atoms with E-state index in [1.54, 1.807) is 24.4 Å². The minimum Gasteiger partial charge on any atom is -0.508 e. The molecule has 1 aliphatic carbocycles. The molecule has 0 radical (unpaired) electrons. The van der Waals surface area contributed by atoms with Crippen LogP contribution in [0.3, 0.4) is 0 Å². The lowest BCUT2D eigenvalue weighted by atomic mass is 9.94. The minimum absolute atomic E-state index is 0.00154. The first-order valence-electron chi connectivity index (χ1n) is 8.31. The number of primary amides is 1. The Bertz CT molecular complexity index is 820. The third-order valence-corrected chi connectivity index (χ3v) is 4.48. The average Bonchev–Trinajstić information content (AvgIpc) is 2.98. The quantitative estimate of drug-likeness (QED) is 0.387. The lowest BCUT2D eigenvalue weighted by molar-refractivity contribution is 0.203. The second kappa shape index (κ2) is 7.25. The molecule has 2 aromatic rings. The van der Waals surface area contributed by atoms with E-state index < -0.39 is 6.03 Å². The largest absolute Gasteiger partial charge is 0.508 e. The van der Waals surface area contributed by atoms with Crippen LogP contribution in [0, 0.1) is 0 Å². The molecule has 6 N–H and O–H groups in total. The molecule has 2 amide bonds. The number of phenolic OH excluding ortho intramolecular Hbond substituents is 1. The van der Waals surface area contributed by atoms with Crippen molar-refractivity contribution in [2.75, 3.05) is 0 Å². The fourth-order valence-corrected chi connectivity index (χ4v) is 3.25. The van der Waals surface area contributed by atoms with Crippen molar-refractivity contribution in [2.45, 2.75) is 38.1 Å². The molecule has 1 heterocycles. The fourth-order valence-electron chi connectivity index (χ4n) is 3.25. The van der Waals surface area contributed by atoms with Gasteiger partial charge in [0, 0.05) is 28.7 Å². The highest BCUT2D eigenvalue weighted by Gasteiger charge is 2.26. The van der Waals surface area contributed by atoms with E-state index in [0.29, 0.717) is 0 Å². The van der Waals surface area contributed by atoms with Crippen molar-refractivity contribution in [3.63, 3.8) is 0 Å². The van der Waals surface area contributed by atoms with Gasteiger partial charge in [0.15, 0.2) is 0 Å². The summed E-state index contributed by atoms with van der Waals surface area (Å²) in [7, 11) is 0. The SMILES string of the molecule is NC(=O)N(C(N)=NN=Cc1c[nH]c2ccc(O)cc12)C1CCCCC1. The number of carbonyl (C=O) groups excluding carboxylic acids is 1. The van der Waals surface area contributed by atoms with Gasteiger partial charge in [-0.3, -0.25) is 4.90 Å². The molecule has 8 nitrogen and oxygen atoms in total. The lowest BCUT2D eigenvalue weighted by Gasteiger charge is -2.31. The molecule has 0 saturated heterocycles. The standard InChI is InChI=1S/C17H22N6O2/c18-16(23(17(19)25)12-4-2-1-3-5-12)22-21-10-11-9-20-15-7-6-13(24)8-14(11)15/h6-10,12,20,24H,1-5H2,(H2,18,22)(H2,19,25). The maximum Gasteiger partial charge on any atom is 0.321 e. The molecule has 1 aromatic heterocycles. The van der Waals surface area contributed by atoms with Gasteiger partial charge in [-0.25, -0.2) is 4.79 Å². The van der Waals surface area contributed by atoms with Crippen LogP contribution in [0.25, 0.3) is 10.9 Å². The summed E-state index contributed by atoms with van der Waals surface area (Å²) in [5.74, 6) is 0.167. The number of carbonyl (C=O) groups is 1. The van der Waals surface area contributed by atoms with Gasteiger partial charge in [0.05, 0.1) is 6.21 Å². The van der Waals surface area contributed by atoms with E-state index in [1.165, 1.54) is 11.1 Å². The highest BCUT2D eigenvalue weighted by atomic mass is 16.3. The highest BCUT2D eigenvalue weighted by molar-refractivity contribution is 6.00. The zero-order chi connectivity index (χ0) is 17.8. The Kier molecular flexibility index (Phi) is 4.87. The Labute approximate surface area is 145 Å². The summed E-state index contributed by atoms with van der Waals surface area (Å²) in [6.07, 6.45) is 8.26. The molecule has 1 fully saturated rings. The van der Waals surface area contributed by atoms with Crippen LogP contribution in [0.5, 0.6) is 5.75 Å². The van der Waals surface area contributed by atoms with Crippen molar-refractivity contribution in [3.05, 3.63) is 30.0 Å². The van der Waals surface area contributed by atoms with E-state index in [2.05, 4.69) is 15.2 Å². The molecule has 25 heavy (non-hydrogen) atoms. The zero-order valence-corrected chi connectivity index (χ0v) is 13.9. The number of nitrogens with two attached hydrogens (primary N) is 2. The molecule has 0 spiro atoms. The number of nitrogens with one attached hydrogen (secondary N) is 1. The maximum atomic E-state index is 11.7. The maximum absolute atomic E-state index is 11.7. The molecule has 132 valence electrons. The second-order valence-electron chi connectivity index (χ2n) is 6.18. The van der Waals surface area contributed by atoms with Crippen LogP contribution in [0.2, 0.25) is 0 Å². The van der Waals surface area contributed by atoms with Crippen molar-refractivity contribution in [1.29, 1.82) is 0 Å². The number of phenols is 1. The number of rotatable bonds is 3. The van der Waals surface area contributed by atoms with Crippen molar-refractivity contribution < 1.29 is 9.90 Å². The fraction of sp³-hybridized carbons (Fsp3) is 0.353. The Balaban J connectivity index is 1.79. The third-order valence-electron chi connectivity index (χ3n) is 4.48. The minimum atomic E-state index is -0.611. The molecule has 8 heteroatoms. The van der Waals surface area contributed by atoms with E-state index in [1.807, 2.05) is 0 Å². The van der Waals surface area contributed by atoms with E-state index in [9.17, 15) is 9.90 Å². The molecular weight excluding hydrogens is 320 g/mol. The van der Waals surface area contributed by atoms with E-state index >= 15 is 0 Å². The van der Waals surface area contributed by atoms with Crippen LogP contribution >= 0.6 is 0 Å². The van der Waals surface area contributed by atoms with Gasteiger partial charge in [0.1, 0.15) is 5.75 Å². The Morgan fingerprint density at radius 1 is 1.28 bits per heavy atom. The first-order valence-corrected chi connectivity index (χ1v) is 8.31. The summed E-state index contributed by atoms with van der Waals surface area (Å²) in [5, 5.41) is 18.3. The van der Waals surface area contributed by atoms with Crippen molar-refractivity contribution in [1.82, 2.24) is 9.88 Å². The van der Waals surface area contributed by atoms with Gasteiger partial charge < -0.3 is 21.6 Å². The van der Waals surface area contributed by atoms with Gasteiger partial charge >= 0.3 is 6.03 Å². The Morgan fingerprint density at radius 2 is 2.04 bits per heavy atom. The topological polar surface area (TPSA) is 133 Å². The molecule has 0 atom stereocenters. The van der Waals surface area contributed by atoms with Gasteiger partial charge in [-0.15, -0.1) is 5.10 Å². The van der Waals surface area contributed by atoms with Crippen LogP contribution in [0.15, 0.2) is 34.6 Å². The molecular formula is C17H22N6O2. The van der Waals surface area contributed by atoms with Crippen LogP contribution in [-0.2, 0) is 0 Å². The van der Waals surface area contributed by atoms with Crippen molar-refractivity contribution in [2.24, 2.45) is 21.7 Å². The number of H-pyrrole nitrogens is 1.